The summed E-state index contributed by atoms with van der Waals surface area (Å²) in [5.41, 5.74) is 0. The van der Waals surface area contributed by atoms with Crippen molar-refractivity contribution in [3.05, 3.63) is 12.2 Å². The van der Waals surface area contributed by atoms with Crippen molar-refractivity contribution in [3.8, 4) is 0 Å². The zero-order valence-electron chi connectivity index (χ0n) is 12.7. The second-order valence-corrected chi connectivity index (χ2v) is 5.40. The minimum absolute atomic E-state index is 0.207. The van der Waals surface area contributed by atoms with Crippen LogP contribution in [0, 0.1) is 0 Å². The number of hydrogen-bond donors (Lipinski definition) is 1. The Balaban J connectivity index is 3.24. The molecule has 0 aliphatic rings. The number of unbranched alkanes of at least 4 members (excludes halogenated alkanes) is 9. The molecule has 0 spiro atoms. The summed E-state index contributed by atoms with van der Waals surface area (Å²) in [6, 6.07) is 0. The Morgan fingerprint density at radius 1 is 0.778 bits per heavy atom. The SMILES string of the molecule is CCCCCCCCC=CC(O)CCCCCC. The van der Waals surface area contributed by atoms with Crippen molar-refractivity contribution in [3.63, 3.8) is 0 Å². The summed E-state index contributed by atoms with van der Waals surface area (Å²) in [6.07, 6.45) is 19.1. The van der Waals surface area contributed by atoms with Crippen LogP contribution in [0.25, 0.3) is 0 Å². The fourth-order valence-corrected chi connectivity index (χ4v) is 2.17. The highest BCUT2D eigenvalue weighted by molar-refractivity contribution is 4.88. The molecule has 0 aromatic heterocycles. The van der Waals surface area contributed by atoms with E-state index >= 15 is 0 Å². The van der Waals surface area contributed by atoms with Crippen molar-refractivity contribution in [2.24, 2.45) is 0 Å². The van der Waals surface area contributed by atoms with Gasteiger partial charge in [0.05, 0.1) is 6.10 Å². The van der Waals surface area contributed by atoms with E-state index in [-0.39, 0.29) is 6.10 Å². The number of allylic oxidation sites excluding steroid dienone is 1. The largest absolute Gasteiger partial charge is 0.389 e. The second-order valence-electron chi connectivity index (χ2n) is 5.40. The van der Waals surface area contributed by atoms with Crippen molar-refractivity contribution < 1.29 is 5.11 Å². The third-order valence-corrected chi connectivity index (χ3v) is 3.44. The van der Waals surface area contributed by atoms with Crippen LogP contribution in [0.5, 0.6) is 0 Å². The summed E-state index contributed by atoms with van der Waals surface area (Å²) in [7, 11) is 0. The van der Waals surface area contributed by atoms with E-state index in [9.17, 15) is 5.11 Å². The highest BCUT2D eigenvalue weighted by atomic mass is 16.3. The molecule has 0 rings (SSSR count). The predicted octanol–water partition coefficient (Wildman–Crippen LogP) is 5.62. The topological polar surface area (TPSA) is 20.2 Å². The molecule has 108 valence electrons. The van der Waals surface area contributed by atoms with Gasteiger partial charge in [0.15, 0.2) is 0 Å². The van der Waals surface area contributed by atoms with Crippen molar-refractivity contribution in [1.82, 2.24) is 0 Å². The predicted molar refractivity (Wildman–Crippen MR) is 81.9 cm³/mol. The molecule has 0 saturated carbocycles. The quantitative estimate of drug-likeness (QED) is 0.334. The van der Waals surface area contributed by atoms with Gasteiger partial charge >= 0.3 is 0 Å². The molecule has 0 aromatic rings. The highest BCUT2D eigenvalue weighted by Gasteiger charge is 1.97. The maximum atomic E-state index is 9.73. The van der Waals surface area contributed by atoms with E-state index in [1.807, 2.05) is 6.08 Å². The molecule has 1 heteroatoms. The molecule has 0 fully saturated rings. The van der Waals surface area contributed by atoms with Gasteiger partial charge in [-0.25, -0.2) is 0 Å². The Labute approximate surface area is 115 Å². The molecule has 1 nitrogen and oxygen atoms in total. The monoisotopic (exact) mass is 254 g/mol. The van der Waals surface area contributed by atoms with Gasteiger partial charge in [0.1, 0.15) is 0 Å². The van der Waals surface area contributed by atoms with Crippen LogP contribution >= 0.6 is 0 Å². The molecular weight excluding hydrogens is 220 g/mol. The molecule has 1 N–H and O–H groups in total. The summed E-state index contributed by atoms with van der Waals surface area (Å²) >= 11 is 0. The third kappa shape index (κ3) is 13.8. The van der Waals surface area contributed by atoms with Crippen LogP contribution in [0.4, 0.5) is 0 Å². The molecule has 1 unspecified atom stereocenters. The van der Waals surface area contributed by atoms with Crippen molar-refractivity contribution in [2.45, 2.75) is 97.0 Å². The Hall–Kier alpha value is -0.300. The van der Waals surface area contributed by atoms with E-state index in [4.69, 9.17) is 0 Å². The molecule has 0 amide bonds. The van der Waals surface area contributed by atoms with E-state index in [1.54, 1.807) is 0 Å². The zero-order valence-corrected chi connectivity index (χ0v) is 12.7. The smallest absolute Gasteiger partial charge is 0.0720 e. The van der Waals surface area contributed by atoms with E-state index in [1.165, 1.54) is 57.8 Å². The standard InChI is InChI=1S/C17H34O/c1-3-5-7-9-10-11-12-14-16-17(18)15-13-8-6-4-2/h14,16-18H,3-13,15H2,1-2H3. The lowest BCUT2D eigenvalue weighted by Gasteiger charge is -2.04. The van der Waals surface area contributed by atoms with Gasteiger partial charge in [-0.05, 0) is 19.3 Å². The average molecular weight is 254 g/mol. The molecule has 0 aliphatic carbocycles. The van der Waals surface area contributed by atoms with Gasteiger partial charge in [0.2, 0.25) is 0 Å². The number of aliphatic hydroxyl groups is 1. The van der Waals surface area contributed by atoms with Gasteiger partial charge in [0.25, 0.3) is 0 Å². The normalized spacial score (nSPS) is 13.3. The zero-order chi connectivity index (χ0) is 13.5. The fourth-order valence-electron chi connectivity index (χ4n) is 2.17. The van der Waals surface area contributed by atoms with Crippen molar-refractivity contribution in [2.75, 3.05) is 0 Å². The first kappa shape index (κ1) is 17.7. The van der Waals surface area contributed by atoms with Crippen LogP contribution in [-0.2, 0) is 0 Å². The Bertz CT molecular complexity index is 174. The van der Waals surface area contributed by atoms with Gasteiger partial charge in [-0.3, -0.25) is 0 Å². The lowest BCUT2D eigenvalue weighted by molar-refractivity contribution is 0.207. The Kier molecular flexibility index (Phi) is 14.5. The first-order valence-electron chi connectivity index (χ1n) is 8.16. The summed E-state index contributed by atoms with van der Waals surface area (Å²) in [4.78, 5) is 0. The van der Waals surface area contributed by atoms with Crippen molar-refractivity contribution >= 4 is 0 Å². The van der Waals surface area contributed by atoms with E-state index in [2.05, 4.69) is 19.9 Å². The maximum Gasteiger partial charge on any atom is 0.0720 e. The van der Waals surface area contributed by atoms with Gasteiger partial charge in [0, 0.05) is 0 Å². The lowest BCUT2D eigenvalue weighted by atomic mass is 10.1. The molecule has 0 aromatic carbocycles. The maximum absolute atomic E-state index is 9.73. The minimum atomic E-state index is -0.207. The van der Waals surface area contributed by atoms with Crippen molar-refractivity contribution in [1.29, 1.82) is 0 Å². The molecule has 18 heavy (non-hydrogen) atoms. The molecular formula is C17H34O. The van der Waals surface area contributed by atoms with E-state index in [0.717, 1.165) is 19.3 Å². The minimum Gasteiger partial charge on any atom is -0.389 e. The highest BCUT2D eigenvalue weighted by Crippen LogP contribution is 2.09. The first-order chi connectivity index (χ1) is 8.81. The Morgan fingerprint density at radius 3 is 2.00 bits per heavy atom. The van der Waals surface area contributed by atoms with E-state index < -0.39 is 0 Å². The van der Waals surface area contributed by atoms with Gasteiger partial charge < -0.3 is 5.11 Å². The summed E-state index contributed by atoms with van der Waals surface area (Å²) in [6.45, 7) is 4.47. The molecule has 1 atom stereocenters. The number of hydrogen-bond acceptors (Lipinski definition) is 1. The summed E-state index contributed by atoms with van der Waals surface area (Å²) in [5.74, 6) is 0. The summed E-state index contributed by atoms with van der Waals surface area (Å²) in [5, 5.41) is 9.73. The van der Waals surface area contributed by atoms with Crippen LogP contribution in [-0.4, -0.2) is 11.2 Å². The van der Waals surface area contributed by atoms with Gasteiger partial charge in [-0.2, -0.15) is 0 Å². The van der Waals surface area contributed by atoms with Crippen LogP contribution in [0.3, 0.4) is 0 Å². The van der Waals surface area contributed by atoms with Crippen LogP contribution in [0.1, 0.15) is 90.9 Å². The molecule has 0 aliphatic heterocycles. The molecule has 0 radical (unpaired) electrons. The molecule has 0 saturated heterocycles. The van der Waals surface area contributed by atoms with Crippen LogP contribution < -0.4 is 0 Å². The lowest BCUT2D eigenvalue weighted by Crippen LogP contribution is -2.01. The fraction of sp³-hybridized carbons (Fsp3) is 0.882. The van der Waals surface area contributed by atoms with E-state index in [0.29, 0.717) is 0 Å². The first-order valence-corrected chi connectivity index (χ1v) is 8.16. The number of aliphatic hydroxyl groups excluding tert-OH is 1. The average Bonchev–Trinajstić information content (AvgIpc) is 2.38. The molecule has 0 bridgehead atoms. The van der Waals surface area contributed by atoms with Crippen LogP contribution in [0.2, 0.25) is 0 Å². The second kappa shape index (κ2) is 14.8. The van der Waals surface area contributed by atoms with Gasteiger partial charge in [-0.15, -0.1) is 0 Å². The van der Waals surface area contributed by atoms with Crippen LogP contribution in [0.15, 0.2) is 12.2 Å². The number of rotatable bonds is 13. The Morgan fingerprint density at radius 2 is 1.33 bits per heavy atom. The van der Waals surface area contributed by atoms with Gasteiger partial charge in [-0.1, -0.05) is 83.8 Å². The third-order valence-electron chi connectivity index (χ3n) is 3.44. The molecule has 0 heterocycles. The summed E-state index contributed by atoms with van der Waals surface area (Å²) < 4.78 is 0.